The first-order chi connectivity index (χ1) is 12.4. The highest BCUT2D eigenvalue weighted by Gasteiger charge is 2.14. The minimum Gasteiger partial charge on any atom is -0.337 e. The number of halogens is 1. The second kappa shape index (κ2) is 7.17. The van der Waals surface area contributed by atoms with E-state index in [4.69, 9.17) is 11.6 Å². The maximum absolute atomic E-state index is 12.7. The molecule has 1 amide bonds. The van der Waals surface area contributed by atoms with E-state index >= 15 is 0 Å². The average Bonchev–Trinajstić information content (AvgIpc) is 2.62. The van der Waals surface area contributed by atoms with Crippen LogP contribution in [0.1, 0.15) is 22.8 Å². The molecule has 1 N–H and O–H groups in total. The van der Waals surface area contributed by atoms with Crippen LogP contribution < -0.4 is 11.2 Å². The number of hydrogen-bond acceptors (Lipinski definition) is 3. The third-order valence-electron chi connectivity index (χ3n) is 4.22. The Morgan fingerprint density at radius 3 is 2.50 bits per heavy atom. The molecular formula is C19H18ClN3O3. The van der Waals surface area contributed by atoms with Crippen molar-refractivity contribution in [3.63, 3.8) is 0 Å². The van der Waals surface area contributed by atoms with Crippen molar-refractivity contribution in [2.24, 2.45) is 0 Å². The molecule has 1 heterocycles. The number of benzene rings is 2. The van der Waals surface area contributed by atoms with Gasteiger partial charge in [0.15, 0.2) is 0 Å². The number of H-pyrrole nitrogens is 1. The van der Waals surface area contributed by atoms with Crippen molar-refractivity contribution < 1.29 is 4.79 Å². The Bertz CT molecular complexity index is 1080. The predicted octanol–water partition coefficient (Wildman–Crippen LogP) is 2.64. The molecule has 0 fully saturated rings. The number of aromatic nitrogens is 2. The molecule has 0 aliphatic heterocycles. The first-order valence-corrected chi connectivity index (χ1v) is 8.55. The highest BCUT2D eigenvalue weighted by atomic mass is 35.5. The van der Waals surface area contributed by atoms with Crippen LogP contribution in [0.2, 0.25) is 5.02 Å². The molecule has 0 unspecified atom stereocenters. The van der Waals surface area contributed by atoms with Gasteiger partial charge in [-0.1, -0.05) is 23.7 Å². The smallest absolute Gasteiger partial charge is 0.328 e. The van der Waals surface area contributed by atoms with E-state index in [0.29, 0.717) is 28.0 Å². The van der Waals surface area contributed by atoms with E-state index in [-0.39, 0.29) is 18.0 Å². The van der Waals surface area contributed by atoms with Crippen LogP contribution in [-0.4, -0.2) is 27.4 Å². The molecule has 134 valence electrons. The number of fused-ring (bicyclic) bond motifs is 1. The van der Waals surface area contributed by atoms with E-state index < -0.39 is 5.69 Å². The fourth-order valence-electron chi connectivity index (χ4n) is 2.83. The van der Waals surface area contributed by atoms with Gasteiger partial charge in [0.1, 0.15) is 0 Å². The molecule has 3 aromatic rings. The Hall–Kier alpha value is -2.86. The second-order valence-corrected chi connectivity index (χ2v) is 6.46. The zero-order chi connectivity index (χ0) is 18.8. The van der Waals surface area contributed by atoms with E-state index in [2.05, 4.69) is 4.98 Å². The van der Waals surface area contributed by atoms with Gasteiger partial charge in [-0.3, -0.25) is 14.2 Å². The fourth-order valence-corrected chi connectivity index (χ4v) is 2.96. The molecular weight excluding hydrogens is 354 g/mol. The van der Waals surface area contributed by atoms with Crippen LogP contribution in [0.4, 0.5) is 0 Å². The lowest BCUT2D eigenvalue weighted by Gasteiger charge is -2.17. The van der Waals surface area contributed by atoms with Crippen LogP contribution in [-0.2, 0) is 13.1 Å². The Morgan fingerprint density at radius 2 is 1.85 bits per heavy atom. The van der Waals surface area contributed by atoms with Crippen molar-refractivity contribution in [1.29, 1.82) is 0 Å². The number of nitrogens with zero attached hydrogens (tertiary/aromatic N) is 2. The lowest BCUT2D eigenvalue weighted by molar-refractivity contribution is 0.0785. The summed E-state index contributed by atoms with van der Waals surface area (Å²) in [5, 5.41) is 1.02. The van der Waals surface area contributed by atoms with Crippen LogP contribution >= 0.6 is 11.6 Å². The maximum atomic E-state index is 12.7. The van der Waals surface area contributed by atoms with Gasteiger partial charge in [0.2, 0.25) is 0 Å². The monoisotopic (exact) mass is 371 g/mol. The van der Waals surface area contributed by atoms with Gasteiger partial charge in [0.05, 0.1) is 10.9 Å². The molecule has 0 aliphatic rings. The molecule has 3 rings (SSSR count). The van der Waals surface area contributed by atoms with E-state index in [1.54, 1.807) is 49.2 Å². The van der Waals surface area contributed by atoms with E-state index in [1.165, 1.54) is 0 Å². The molecule has 1 aromatic heterocycles. The van der Waals surface area contributed by atoms with E-state index in [9.17, 15) is 14.4 Å². The van der Waals surface area contributed by atoms with Gasteiger partial charge >= 0.3 is 5.69 Å². The molecule has 7 heteroatoms. The molecule has 0 aliphatic carbocycles. The minimum absolute atomic E-state index is 0.206. The Kier molecular flexibility index (Phi) is 4.95. The molecule has 0 radical (unpaired) electrons. The lowest BCUT2D eigenvalue weighted by Crippen LogP contribution is -2.34. The topological polar surface area (TPSA) is 75.2 Å². The number of carbonyl (C=O) groups is 1. The summed E-state index contributed by atoms with van der Waals surface area (Å²) in [4.78, 5) is 41.2. The predicted molar refractivity (Wildman–Crippen MR) is 102 cm³/mol. The summed E-state index contributed by atoms with van der Waals surface area (Å²) >= 11 is 5.87. The molecule has 0 atom stereocenters. The van der Waals surface area contributed by atoms with Crippen molar-refractivity contribution in [3.05, 3.63) is 79.5 Å². The minimum atomic E-state index is -0.482. The number of amides is 1. The van der Waals surface area contributed by atoms with Crippen molar-refractivity contribution >= 4 is 28.4 Å². The van der Waals surface area contributed by atoms with E-state index in [1.807, 2.05) is 12.1 Å². The number of rotatable bonds is 4. The third kappa shape index (κ3) is 3.41. The van der Waals surface area contributed by atoms with Gasteiger partial charge < -0.3 is 9.88 Å². The van der Waals surface area contributed by atoms with Crippen LogP contribution in [0.5, 0.6) is 0 Å². The lowest BCUT2D eigenvalue weighted by atomic mass is 10.1. The number of hydrogen-bond donors (Lipinski definition) is 1. The van der Waals surface area contributed by atoms with Crippen LogP contribution in [0.25, 0.3) is 10.9 Å². The van der Waals surface area contributed by atoms with Crippen LogP contribution in [0.15, 0.2) is 52.1 Å². The standard InChI is InChI=1S/C19H18ClN3O3/c1-3-23-18(25)15-9-6-13(10-16(15)21-19(23)26)17(24)22(2)11-12-4-7-14(20)8-5-12/h4-10H,3,11H2,1-2H3,(H,21,26). The van der Waals surface area contributed by atoms with Gasteiger partial charge in [0.25, 0.3) is 11.5 Å². The maximum Gasteiger partial charge on any atom is 0.328 e. The number of nitrogens with one attached hydrogen (secondary N) is 1. The van der Waals surface area contributed by atoms with Gasteiger partial charge in [-0.2, -0.15) is 0 Å². The average molecular weight is 372 g/mol. The molecule has 0 bridgehead atoms. The molecule has 2 aromatic carbocycles. The third-order valence-corrected chi connectivity index (χ3v) is 4.48. The van der Waals surface area contributed by atoms with Crippen LogP contribution in [0.3, 0.4) is 0 Å². The molecule has 6 nitrogen and oxygen atoms in total. The van der Waals surface area contributed by atoms with Crippen molar-refractivity contribution in [3.8, 4) is 0 Å². The first kappa shape index (κ1) is 17.9. The summed E-state index contributed by atoms with van der Waals surface area (Å²) in [5.74, 6) is -0.206. The normalized spacial score (nSPS) is 10.9. The molecule has 26 heavy (non-hydrogen) atoms. The van der Waals surface area contributed by atoms with Gasteiger partial charge in [-0.15, -0.1) is 0 Å². The van der Waals surface area contributed by atoms with Gasteiger partial charge in [0, 0.05) is 30.7 Å². The van der Waals surface area contributed by atoms with Gasteiger partial charge in [-0.05, 0) is 42.8 Å². The summed E-state index contributed by atoms with van der Waals surface area (Å²) < 4.78 is 1.12. The Labute approximate surface area is 154 Å². The zero-order valence-corrected chi connectivity index (χ0v) is 15.2. The van der Waals surface area contributed by atoms with Gasteiger partial charge in [-0.25, -0.2) is 4.79 Å². The summed E-state index contributed by atoms with van der Waals surface area (Å²) in [7, 11) is 1.69. The Morgan fingerprint density at radius 1 is 1.15 bits per heavy atom. The largest absolute Gasteiger partial charge is 0.337 e. The van der Waals surface area contributed by atoms with Crippen molar-refractivity contribution in [2.75, 3.05) is 7.05 Å². The quantitative estimate of drug-likeness (QED) is 0.766. The van der Waals surface area contributed by atoms with Crippen LogP contribution in [0, 0.1) is 0 Å². The second-order valence-electron chi connectivity index (χ2n) is 6.03. The highest BCUT2D eigenvalue weighted by molar-refractivity contribution is 6.30. The summed E-state index contributed by atoms with van der Waals surface area (Å²) in [5.41, 5.74) is 0.864. The molecule has 0 saturated heterocycles. The van der Waals surface area contributed by atoms with Crippen molar-refractivity contribution in [1.82, 2.24) is 14.5 Å². The summed E-state index contributed by atoms with van der Waals surface area (Å²) in [6.45, 7) is 2.43. The zero-order valence-electron chi connectivity index (χ0n) is 14.5. The number of carbonyl (C=O) groups excluding carboxylic acids is 1. The fraction of sp³-hybridized carbons (Fsp3) is 0.211. The van der Waals surface area contributed by atoms with E-state index in [0.717, 1.165) is 10.1 Å². The molecule has 0 saturated carbocycles. The summed E-state index contributed by atoms with van der Waals surface area (Å²) in [6.07, 6.45) is 0. The molecule has 0 spiro atoms. The summed E-state index contributed by atoms with van der Waals surface area (Å²) in [6, 6.07) is 12.0. The first-order valence-electron chi connectivity index (χ1n) is 8.17. The Balaban J connectivity index is 1.92. The highest BCUT2D eigenvalue weighted by Crippen LogP contribution is 2.14. The number of aromatic amines is 1. The SMILES string of the molecule is CCn1c(=O)[nH]c2cc(C(=O)N(C)Cc3ccc(Cl)cc3)ccc2c1=O. The van der Waals surface area contributed by atoms with Crippen molar-refractivity contribution in [2.45, 2.75) is 20.0 Å².